The van der Waals surface area contributed by atoms with Crippen molar-refractivity contribution in [2.24, 2.45) is 7.05 Å². The van der Waals surface area contributed by atoms with Gasteiger partial charge in [-0.25, -0.2) is 4.79 Å². The number of aromatic nitrogens is 2. The highest BCUT2D eigenvalue weighted by atomic mass is 16.5. The summed E-state index contributed by atoms with van der Waals surface area (Å²) in [4.78, 5) is 24.3. The van der Waals surface area contributed by atoms with Crippen LogP contribution in [0.5, 0.6) is 0 Å². The number of rotatable bonds is 4. The van der Waals surface area contributed by atoms with Crippen LogP contribution in [0.4, 0.5) is 11.5 Å². The van der Waals surface area contributed by atoms with Crippen LogP contribution in [0.3, 0.4) is 0 Å². The van der Waals surface area contributed by atoms with E-state index >= 15 is 0 Å². The normalized spacial score (nSPS) is 22.1. The standard InChI is InChI=1S/C13H22N4O3/c1-4-6-17-10(14)9(11(18)16(3)12(17)19)15-13(2)5-7-20-8-13/h15H,4-8,14H2,1-3H3. The van der Waals surface area contributed by atoms with Crippen LogP contribution in [0.25, 0.3) is 0 Å². The maximum Gasteiger partial charge on any atom is 0.332 e. The fraction of sp³-hybridized carbons (Fsp3) is 0.692. The number of hydrogen-bond acceptors (Lipinski definition) is 5. The molecule has 0 spiro atoms. The molecular formula is C13H22N4O3. The third-order valence-corrected chi connectivity index (χ3v) is 3.68. The van der Waals surface area contributed by atoms with Gasteiger partial charge in [0.2, 0.25) is 0 Å². The molecule has 0 aromatic carbocycles. The van der Waals surface area contributed by atoms with Crippen molar-refractivity contribution in [1.82, 2.24) is 9.13 Å². The van der Waals surface area contributed by atoms with Gasteiger partial charge < -0.3 is 15.8 Å². The summed E-state index contributed by atoms with van der Waals surface area (Å²) in [7, 11) is 1.47. The summed E-state index contributed by atoms with van der Waals surface area (Å²) in [6.45, 7) is 5.59. The molecule has 0 aliphatic carbocycles. The molecule has 1 atom stereocenters. The first kappa shape index (κ1) is 14.6. The first-order chi connectivity index (χ1) is 9.39. The van der Waals surface area contributed by atoms with Gasteiger partial charge in [-0.2, -0.15) is 0 Å². The summed E-state index contributed by atoms with van der Waals surface area (Å²) in [5.41, 5.74) is 5.21. The summed E-state index contributed by atoms with van der Waals surface area (Å²) in [5.74, 6) is 0.202. The molecule has 1 aliphatic heterocycles. The van der Waals surface area contributed by atoms with Gasteiger partial charge >= 0.3 is 5.69 Å². The highest BCUT2D eigenvalue weighted by molar-refractivity contribution is 5.62. The molecule has 7 nitrogen and oxygen atoms in total. The van der Waals surface area contributed by atoms with E-state index in [1.165, 1.54) is 11.6 Å². The maximum atomic E-state index is 12.3. The average molecular weight is 282 g/mol. The number of ether oxygens (including phenoxy) is 1. The highest BCUT2D eigenvalue weighted by Crippen LogP contribution is 2.24. The van der Waals surface area contributed by atoms with Gasteiger partial charge in [0.15, 0.2) is 0 Å². The zero-order chi connectivity index (χ0) is 14.9. The Morgan fingerprint density at radius 3 is 2.70 bits per heavy atom. The summed E-state index contributed by atoms with van der Waals surface area (Å²) in [6, 6.07) is 0. The topological polar surface area (TPSA) is 91.3 Å². The van der Waals surface area contributed by atoms with E-state index in [1.54, 1.807) is 0 Å². The second kappa shape index (κ2) is 5.32. The van der Waals surface area contributed by atoms with Crippen molar-refractivity contribution in [3.8, 4) is 0 Å². The molecule has 112 valence electrons. The van der Waals surface area contributed by atoms with Crippen LogP contribution in [-0.4, -0.2) is 27.9 Å². The molecule has 1 aliphatic rings. The van der Waals surface area contributed by atoms with Gasteiger partial charge in [0.1, 0.15) is 11.5 Å². The maximum absolute atomic E-state index is 12.3. The average Bonchev–Trinajstić information content (AvgIpc) is 2.85. The molecule has 3 N–H and O–H groups in total. The van der Waals surface area contributed by atoms with Crippen molar-refractivity contribution in [1.29, 1.82) is 0 Å². The van der Waals surface area contributed by atoms with E-state index in [0.717, 1.165) is 17.4 Å². The number of hydrogen-bond donors (Lipinski definition) is 2. The third kappa shape index (κ3) is 2.45. The molecule has 0 radical (unpaired) electrons. The van der Waals surface area contributed by atoms with Crippen molar-refractivity contribution in [2.45, 2.75) is 38.8 Å². The molecule has 1 fully saturated rings. The molecule has 2 rings (SSSR count). The summed E-state index contributed by atoms with van der Waals surface area (Å²) in [6.07, 6.45) is 1.56. The fourth-order valence-electron chi connectivity index (χ4n) is 2.41. The molecule has 1 aromatic heterocycles. The van der Waals surface area contributed by atoms with Crippen LogP contribution < -0.4 is 22.3 Å². The van der Waals surface area contributed by atoms with Gasteiger partial charge in [-0.3, -0.25) is 13.9 Å². The summed E-state index contributed by atoms with van der Waals surface area (Å²) >= 11 is 0. The zero-order valence-corrected chi connectivity index (χ0v) is 12.2. The van der Waals surface area contributed by atoms with Crippen LogP contribution in [0, 0.1) is 0 Å². The Bertz CT molecular complexity index is 611. The lowest BCUT2D eigenvalue weighted by Crippen LogP contribution is -2.44. The highest BCUT2D eigenvalue weighted by Gasteiger charge is 2.31. The predicted octanol–water partition coefficient (Wildman–Crippen LogP) is 0.130. The van der Waals surface area contributed by atoms with E-state index < -0.39 is 5.56 Å². The SMILES string of the molecule is CCCn1c(N)c(NC2(C)CCOC2)c(=O)n(C)c1=O. The van der Waals surface area contributed by atoms with E-state index in [2.05, 4.69) is 5.32 Å². The van der Waals surface area contributed by atoms with Crippen molar-refractivity contribution < 1.29 is 4.74 Å². The van der Waals surface area contributed by atoms with E-state index in [-0.39, 0.29) is 22.7 Å². The number of anilines is 2. The number of nitrogen functional groups attached to an aromatic ring is 1. The van der Waals surface area contributed by atoms with Crippen LogP contribution in [0.15, 0.2) is 9.59 Å². The van der Waals surface area contributed by atoms with Crippen molar-refractivity contribution >= 4 is 11.5 Å². The Morgan fingerprint density at radius 2 is 2.15 bits per heavy atom. The lowest BCUT2D eigenvalue weighted by atomic mass is 10.0. The minimum absolute atomic E-state index is 0.202. The van der Waals surface area contributed by atoms with Gasteiger partial charge in [0.25, 0.3) is 5.56 Å². The van der Waals surface area contributed by atoms with E-state index in [0.29, 0.717) is 19.8 Å². The Morgan fingerprint density at radius 1 is 1.45 bits per heavy atom. The smallest absolute Gasteiger partial charge is 0.332 e. The molecule has 0 saturated carbocycles. The van der Waals surface area contributed by atoms with E-state index in [1.807, 2.05) is 13.8 Å². The minimum atomic E-state index is -0.395. The monoisotopic (exact) mass is 282 g/mol. The molecule has 20 heavy (non-hydrogen) atoms. The van der Waals surface area contributed by atoms with E-state index in [4.69, 9.17) is 10.5 Å². The lowest BCUT2D eigenvalue weighted by Gasteiger charge is -2.26. The molecule has 0 amide bonds. The summed E-state index contributed by atoms with van der Waals surface area (Å²) in [5, 5.41) is 3.18. The quantitative estimate of drug-likeness (QED) is 0.819. The first-order valence-corrected chi connectivity index (χ1v) is 6.85. The largest absolute Gasteiger partial charge is 0.383 e. The van der Waals surface area contributed by atoms with Gasteiger partial charge in [0.05, 0.1) is 12.1 Å². The minimum Gasteiger partial charge on any atom is -0.383 e. The summed E-state index contributed by atoms with van der Waals surface area (Å²) < 4.78 is 7.89. The molecular weight excluding hydrogens is 260 g/mol. The Balaban J connectivity index is 2.52. The molecule has 1 aromatic rings. The molecule has 0 bridgehead atoms. The number of nitrogens with zero attached hydrogens (tertiary/aromatic N) is 2. The first-order valence-electron chi connectivity index (χ1n) is 6.85. The lowest BCUT2D eigenvalue weighted by molar-refractivity contribution is 0.185. The molecule has 2 heterocycles. The molecule has 1 saturated heterocycles. The van der Waals surface area contributed by atoms with Crippen molar-refractivity contribution in [3.63, 3.8) is 0 Å². The third-order valence-electron chi connectivity index (χ3n) is 3.68. The second-order valence-corrected chi connectivity index (χ2v) is 5.55. The van der Waals surface area contributed by atoms with Crippen molar-refractivity contribution in [2.75, 3.05) is 24.3 Å². The van der Waals surface area contributed by atoms with E-state index in [9.17, 15) is 9.59 Å². The molecule has 1 unspecified atom stereocenters. The fourth-order valence-corrected chi connectivity index (χ4v) is 2.41. The number of nitrogens with two attached hydrogens (primary N) is 1. The van der Waals surface area contributed by atoms with Crippen molar-refractivity contribution in [3.05, 3.63) is 20.8 Å². The van der Waals surface area contributed by atoms with Crippen LogP contribution >= 0.6 is 0 Å². The van der Waals surface area contributed by atoms with Crippen LogP contribution in [-0.2, 0) is 18.3 Å². The zero-order valence-electron chi connectivity index (χ0n) is 12.2. The van der Waals surface area contributed by atoms with Crippen LogP contribution in [0.2, 0.25) is 0 Å². The molecule has 7 heteroatoms. The Hall–Kier alpha value is -1.76. The Kier molecular flexibility index (Phi) is 3.89. The number of nitrogens with one attached hydrogen (secondary N) is 1. The van der Waals surface area contributed by atoms with Crippen LogP contribution in [0.1, 0.15) is 26.7 Å². The van der Waals surface area contributed by atoms with Gasteiger partial charge in [-0.1, -0.05) is 6.92 Å². The Labute approximate surface area is 117 Å². The second-order valence-electron chi connectivity index (χ2n) is 5.55. The van der Waals surface area contributed by atoms with Gasteiger partial charge in [-0.15, -0.1) is 0 Å². The predicted molar refractivity (Wildman–Crippen MR) is 78.1 cm³/mol. The van der Waals surface area contributed by atoms with Gasteiger partial charge in [-0.05, 0) is 19.8 Å². The van der Waals surface area contributed by atoms with Gasteiger partial charge in [0, 0.05) is 20.2 Å².